The maximum Gasteiger partial charge on any atom is 0.298 e. The second-order valence-electron chi connectivity index (χ2n) is 10.3. The number of nitrogens with one attached hydrogen (secondary N) is 2. The standard InChI is InChI=1S/C31H33ClN6O5/c1-17-20(7-6-10-23(17)35-29(40)28-31(41)38(3)37-18(2)34-28)21-8-5-9-22(27(21)32)24-12-11-19(30(36-24)42-4)15-33-25-13-14-43-16-26(25)39/h5-12,25-26,33,39H,13-16H2,1-4H3,(H,35,40)/t25?,26-/m0/s1. The van der Waals surface area contributed by atoms with Gasteiger partial charge >= 0.3 is 0 Å². The van der Waals surface area contributed by atoms with Crippen molar-refractivity contribution in [2.45, 2.75) is 39.0 Å². The number of hydrogen-bond acceptors (Lipinski definition) is 9. The molecule has 1 aliphatic rings. The number of aliphatic hydroxyl groups excluding tert-OH is 1. The number of rotatable bonds is 8. The molecule has 0 spiro atoms. The number of amides is 1. The van der Waals surface area contributed by atoms with Crippen molar-refractivity contribution in [3.05, 3.63) is 86.6 Å². The van der Waals surface area contributed by atoms with Gasteiger partial charge in [0.05, 0.1) is 30.5 Å². The number of aliphatic hydroxyl groups is 1. The fraction of sp³-hybridized carbons (Fsp3) is 0.323. The number of nitrogens with zero attached hydrogens (tertiary/aromatic N) is 4. The SMILES string of the molecule is COc1nc(-c2cccc(-c3cccc(NC(=O)c4nc(C)nn(C)c4=O)c3C)c2Cl)ccc1CNC1CCOC[C@@H]1O. The van der Waals surface area contributed by atoms with E-state index in [9.17, 15) is 14.7 Å². The van der Waals surface area contributed by atoms with Crippen molar-refractivity contribution in [2.75, 3.05) is 25.6 Å². The van der Waals surface area contributed by atoms with Gasteiger partial charge in [0.2, 0.25) is 5.88 Å². The van der Waals surface area contributed by atoms with E-state index in [1.807, 2.05) is 49.4 Å². The summed E-state index contributed by atoms with van der Waals surface area (Å²) in [6.45, 7) is 4.88. The largest absolute Gasteiger partial charge is 0.481 e. The first-order valence-electron chi connectivity index (χ1n) is 13.8. The van der Waals surface area contributed by atoms with Crippen LogP contribution in [0.3, 0.4) is 0 Å². The minimum atomic E-state index is -0.622. The molecule has 1 unspecified atom stereocenters. The quantitative estimate of drug-likeness (QED) is 0.275. The minimum absolute atomic E-state index is 0.0662. The molecule has 224 valence electrons. The smallest absolute Gasteiger partial charge is 0.298 e. The molecule has 5 rings (SSSR count). The third kappa shape index (κ3) is 6.45. The molecule has 3 N–H and O–H groups in total. The Labute approximate surface area is 253 Å². The summed E-state index contributed by atoms with van der Waals surface area (Å²) in [6.07, 6.45) is 0.160. The molecule has 3 heterocycles. The number of carbonyl (C=O) groups is 1. The molecular formula is C31H33ClN6O5. The van der Waals surface area contributed by atoms with Crippen LogP contribution < -0.4 is 20.9 Å². The van der Waals surface area contributed by atoms with Gasteiger partial charge in [0.1, 0.15) is 5.82 Å². The third-order valence-electron chi connectivity index (χ3n) is 7.44. The Morgan fingerprint density at radius 3 is 2.63 bits per heavy atom. The molecule has 1 amide bonds. The van der Waals surface area contributed by atoms with E-state index in [4.69, 9.17) is 26.1 Å². The molecule has 0 aliphatic carbocycles. The van der Waals surface area contributed by atoms with Crippen LogP contribution in [0, 0.1) is 13.8 Å². The first-order chi connectivity index (χ1) is 20.7. The lowest BCUT2D eigenvalue weighted by molar-refractivity contribution is -0.0281. The summed E-state index contributed by atoms with van der Waals surface area (Å²) in [4.78, 5) is 34.2. The fourth-order valence-electron chi connectivity index (χ4n) is 5.11. The molecule has 11 nitrogen and oxygen atoms in total. The number of aromatic nitrogens is 4. The van der Waals surface area contributed by atoms with Gasteiger partial charge in [0.15, 0.2) is 5.69 Å². The van der Waals surface area contributed by atoms with E-state index in [1.165, 1.54) is 7.05 Å². The third-order valence-corrected chi connectivity index (χ3v) is 7.85. The zero-order chi connectivity index (χ0) is 30.7. The average molecular weight is 605 g/mol. The summed E-state index contributed by atoms with van der Waals surface area (Å²) >= 11 is 6.99. The molecule has 1 aliphatic heterocycles. The maximum atomic E-state index is 13.0. The Morgan fingerprint density at radius 2 is 1.86 bits per heavy atom. The highest BCUT2D eigenvalue weighted by atomic mass is 35.5. The summed E-state index contributed by atoms with van der Waals surface area (Å²) in [5.74, 6) is 0.150. The molecule has 12 heteroatoms. The van der Waals surface area contributed by atoms with Crippen molar-refractivity contribution in [1.29, 1.82) is 0 Å². The van der Waals surface area contributed by atoms with Crippen LogP contribution in [-0.2, 0) is 18.3 Å². The summed E-state index contributed by atoms with van der Waals surface area (Å²) < 4.78 is 12.0. The van der Waals surface area contributed by atoms with Crippen molar-refractivity contribution in [2.24, 2.45) is 7.05 Å². The van der Waals surface area contributed by atoms with Crippen molar-refractivity contribution in [3.63, 3.8) is 0 Å². The number of benzene rings is 2. The molecule has 0 bridgehead atoms. The Bertz CT molecular complexity index is 1730. The molecule has 0 radical (unpaired) electrons. The molecule has 4 aromatic rings. The van der Waals surface area contributed by atoms with Crippen molar-refractivity contribution >= 4 is 23.2 Å². The summed E-state index contributed by atoms with van der Waals surface area (Å²) in [5.41, 5.74) is 4.22. The van der Waals surface area contributed by atoms with Gasteiger partial charge in [-0.1, -0.05) is 48.0 Å². The van der Waals surface area contributed by atoms with Crippen molar-refractivity contribution in [1.82, 2.24) is 25.1 Å². The van der Waals surface area contributed by atoms with Crippen LogP contribution in [0.1, 0.15) is 33.9 Å². The monoisotopic (exact) mass is 604 g/mol. The van der Waals surface area contributed by atoms with E-state index >= 15 is 0 Å². The molecule has 2 atom stereocenters. The van der Waals surface area contributed by atoms with E-state index in [0.29, 0.717) is 53.4 Å². The zero-order valence-electron chi connectivity index (χ0n) is 24.3. The van der Waals surface area contributed by atoms with Gasteiger partial charge in [-0.2, -0.15) is 5.10 Å². The maximum absolute atomic E-state index is 13.0. The van der Waals surface area contributed by atoms with Crippen molar-refractivity contribution in [3.8, 4) is 28.3 Å². The first-order valence-corrected chi connectivity index (χ1v) is 14.2. The normalized spacial score (nSPS) is 16.6. The lowest BCUT2D eigenvalue weighted by Gasteiger charge is -2.28. The number of pyridine rings is 1. The van der Waals surface area contributed by atoms with E-state index in [2.05, 4.69) is 20.7 Å². The van der Waals surface area contributed by atoms with Crippen LogP contribution in [0.25, 0.3) is 22.4 Å². The second-order valence-corrected chi connectivity index (χ2v) is 10.7. The minimum Gasteiger partial charge on any atom is -0.481 e. The topological polar surface area (TPSA) is 140 Å². The number of halogens is 1. The summed E-state index contributed by atoms with van der Waals surface area (Å²) in [7, 11) is 3.04. The first kappa shape index (κ1) is 30.3. The molecular weight excluding hydrogens is 572 g/mol. The number of carbonyl (C=O) groups excluding carboxylic acids is 1. The lowest BCUT2D eigenvalue weighted by Crippen LogP contribution is -2.46. The molecule has 2 aromatic heterocycles. The van der Waals surface area contributed by atoms with Gasteiger partial charge in [-0.25, -0.2) is 14.6 Å². The van der Waals surface area contributed by atoms with Crippen LogP contribution in [0.15, 0.2) is 53.3 Å². The summed E-state index contributed by atoms with van der Waals surface area (Å²) in [5, 5.41) is 20.8. The van der Waals surface area contributed by atoms with Gasteiger partial charge < -0.3 is 25.2 Å². The highest BCUT2D eigenvalue weighted by molar-refractivity contribution is 6.36. The van der Waals surface area contributed by atoms with Crippen LogP contribution in [-0.4, -0.2) is 63.2 Å². The number of aryl methyl sites for hydroxylation is 2. The highest BCUT2D eigenvalue weighted by Gasteiger charge is 2.24. The molecule has 1 fully saturated rings. The lowest BCUT2D eigenvalue weighted by atomic mass is 9.96. The van der Waals surface area contributed by atoms with E-state index in [1.54, 1.807) is 20.1 Å². The van der Waals surface area contributed by atoms with Gasteiger partial charge in [-0.3, -0.25) is 9.59 Å². The number of anilines is 1. The van der Waals surface area contributed by atoms with Crippen LogP contribution >= 0.6 is 11.6 Å². The van der Waals surface area contributed by atoms with E-state index < -0.39 is 17.6 Å². The Morgan fingerprint density at radius 1 is 1.12 bits per heavy atom. The predicted octanol–water partition coefficient (Wildman–Crippen LogP) is 3.67. The molecule has 2 aromatic carbocycles. The van der Waals surface area contributed by atoms with Gasteiger partial charge in [0, 0.05) is 48.6 Å². The predicted molar refractivity (Wildman–Crippen MR) is 163 cm³/mol. The average Bonchev–Trinajstić information content (AvgIpc) is 3.00. The number of hydrogen-bond donors (Lipinski definition) is 3. The van der Waals surface area contributed by atoms with Gasteiger partial charge in [-0.15, -0.1) is 0 Å². The van der Waals surface area contributed by atoms with Gasteiger partial charge in [0.25, 0.3) is 11.5 Å². The number of methoxy groups -OCH3 is 1. The molecule has 1 saturated heterocycles. The Balaban J connectivity index is 1.41. The highest BCUT2D eigenvalue weighted by Crippen LogP contribution is 2.39. The van der Waals surface area contributed by atoms with Crippen LogP contribution in [0.2, 0.25) is 5.02 Å². The van der Waals surface area contributed by atoms with Gasteiger partial charge in [-0.05, 0) is 43.5 Å². The second kappa shape index (κ2) is 13.0. The van der Waals surface area contributed by atoms with Crippen LogP contribution in [0.4, 0.5) is 5.69 Å². The Hall–Kier alpha value is -4.16. The molecule has 43 heavy (non-hydrogen) atoms. The molecule has 0 saturated carbocycles. The van der Waals surface area contributed by atoms with Crippen LogP contribution in [0.5, 0.6) is 5.88 Å². The zero-order valence-corrected chi connectivity index (χ0v) is 25.1. The summed E-state index contributed by atoms with van der Waals surface area (Å²) in [6, 6.07) is 14.9. The van der Waals surface area contributed by atoms with E-state index in [-0.39, 0.29) is 11.7 Å². The fourth-order valence-corrected chi connectivity index (χ4v) is 5.44. The Kier molecular flexibility index (Phi) is 9.16. The van der Waals surface area contributed by atoms with E-state index in [0.717, 1.165) is 33.4 Å². The number of ether oxygens (including phenoxy) is 2. The van der Waals surface area contributed by atoms with Crippen molar-refractivity contribution < 1.29 is 19.4 Å².